The van der Waals surface area contributed by atoms with E-state index in [4.69, 9.17) is 18.9 Å². The lowest BCUT2D eigenvalue weighted by atomic mass is 9.46. The largest absolute Gasteiger partial charge is 0.353 e. The van der Waals surface area contributed by atoms with Gasteiger partial charge in [0.05, 0.1) is 13.2 Å². The second kappa shape index (κ2) is 11.9. The zero-order valence-electron chi connectivity index (χ0n) is 24.5. The monoisotopic (exact) mass is 650 g/mol. The van der Waals surface area contributed by atoms with Gasteiger partial charge < -0.3 is 18.9 Å². The van der Waals surface area contributed by atoms with Crippen LogP contribution in [0.1, 0.15) is 117 Å². The summed E-state index contributed by atoms with van der Waals surface area (Å²) in [6, 6.07) is 0. The Morgan fingerprint density at radius 1 is 0.923 bits per heavy atom. The number of ether oxygens (including phenoxy) is 4. The van der Waals surface area contributed by atoms with Gasteiger partial charge in [0, 0.05) is 31.3 Å². The number of halogens is 1. The average Bonchev–Trinajstić information content (AvgIpc) is 3.51. The first kappa shape index (κ1) is 29.0. The number of alkyl halides is 1. The lowest BCUT2D eigenvalue weighted by Gasteiger charge is -2.59. The zero-order chi connectivity index (χ0) is 27.0. The van der Waals surface area contributed by atoms with E-state index >= 15 is 0 Å². The molecule has 0 radical (unpaired) electrons. The molecule has 0 aromatic carbocycles. The molecule has 0 aromatic rings. The van der Waals surface area contributed by atoms with Crippen LogP contribution in [0.2, 0.25) is 0 Å². The van der Waals surface area contributed by atoms with Crippen molar-refractivity contribution in [3.05, 3.63) is 11.6 Å². The van der Waals surface area contributed by atoms with Crippen LogP contribution in [0.15, 0.2) is 11.6 Å². The fourth-order valence-corrected chi connectivity index (χ4v) is 10.2. The van der Waals surface area contributed by atoms with Crippen molar-refractivity contribution < 1.29 is 18.9 Å². The third-order valence-corrected chi connectivity index (χ3v) is 12.8. The molecule has 4 aliphatic carbocycles. The summed E-state index contributed by atoms with van der Waals surface area (Å²) >= 11 is 2.49. The standard InChI is InChI=1S/C34H51IO4/c1-31-19-20-34(37-23-24-38-34)25-26(31)12-13-27-28(31)14-17-32(2)29(27)15-18-33(32,39-30-11-7-10-22-36-30)16-8-5-3-4-6-9-21-35/h12,27-30H,3-7,9-11,13-15,17-25H2,1-2H3/t27-,28+,29+,30?,31+,32+,33+/m1/s1. The molecule has 6 rings (SSSR count). The Hall–Kier alpha value is -0.130. The van der Waals surface area contributed by atoms with Gasteiger partial charge >= 0.3 is 0 Å². The Morgan fingerprint density at radius 3 is 2.54 bits per heavy atom. The lowest BCUT2D eigenvalue weighted by Crippen LogP contribution is -2.56. The first-order valence-corrected chi connectivity index (χ1v) is 17.8. The maximum Gasteiger partial charge on any atom is 0.172 e. The lowest BCUT2D eigenvalue weighted by molar-refractivity contribution is -0.242. The normalized spacial score (nSPS) is 42.7. The minimum atomic E-state index is -0.361. The predicted molar refractivity (Wildman–Crippen MR) is 163 cm³/mol. The van der Waals surface area contributed by atoms with Gasteiger partial charge in [-0.2, -0.15) is 0 Å². The number of allylic oxidation sites excluding steroid dienone is 1. The molecule has 2 aliphatic heterocycles. The number of rotatable bonds is 7. The van der Waals surface area contributed by atoms with Crippen molar-refractivity contribution in [1.29, 1.82) is 0 Å². The summed E-state index contributed by atoms with van der Waals surface area (Å²) in [6.45, 7) is 7.46. The molecule has 39 heavy (non-hydrogen) atoms. The van der Waals surface area contributed by atoms with Crippen molar-refractivity contribution in [1.82, 2.24) is 0 Å². The third kappa shape index (κ3) is 5.30. The minimum Gasteiger partial charge on any atom is -0.353 e. The van der Waals surface area contributed by atoms with Gasteiger partial charge in [0.1, 0.15) is 5.60 Å². The van der Waals surface area contributed by atoms with Crippen LogP contribution in [-0.4, -0.2) is 41.9 Å². The summed E-state index contributed by atoms with van der Waals surface area (Å²) in [6.07, 6.45) is 21.3. The van der Waals surface area contributed by atoms with Gasteiger partial charge in [0.25, 0.3) is 0 Å². The molecule has 5 heteroatoms. The van der Waals surface area contributed by atoms with Gasteiger partial charge in [-0.25, -0.2) is 0 Å². The molecule has 4 nitrogen and oxygen atoms in total. The molecule has 2 heterocycles. The fourth-order valence-electron chi connectivity index (χ4n) is 9.67. The van der Waals surface area contributed by atoms with Crippen LogP contribution in [0.4, 0.5) is 0 Å². The van der Waals surface area contributed by atoms with E-state index in [9.17, 15) is 0 Å². The highest BCUT2D eigenvalue weighted by atomic mass is 127. The molecule has 0 aromatic heterocycles. The molecule has 6 aliphatic rings. The summed E-state index contributed by atoms with van der Waals surface area (Å²) < 4.78 is 26.9. The van der Waals surface area contributed by atoms with E-state index in [-0.39, 0.29) is 28.5 Å². The first-order valence-electron chi connectivity index (χ1n) is 16.3. The Bertz CT molecular complexity index is 956. The molecule has 0 N–H and O–H groups in total. The van der Waals surface area contributed by atoms with E-state index in [1.54, 1.807) is 5.57 Å². The van der Waals surface area contributed by atoms with Crippen LogP contribution in [0, 0.1) is 40.4 Å². The topological polar surface area (TPSA) is 36.9 Å². The van der Waals surface area contributed by atoms with Crippen LogP contribution < -0.4 is 0 Å². The molecule has 1 unspecified atom stereocenters. The van der Waals surface area contributed by atoms with Crippen molar-refractivity contribution in [2.45, 2.75) is 134 Å². The maximum absolute atomic E-state index is 7.09. The third-order valence-electron chi connectivity index (χ3n) is 12.0. The second-order valence-corrected chi connectivity index (χ2v) is 15.0. The molecule has 7 atom stereocenters. The molecule has 0 bridgehead atoms. The Kier molecular flexibility index (Phi) is 8.81. The Morgan fingerprint density at radius 2 is 1.74 bits per heavy atom. The molecular weight excluding hydrogens is 599 g/mol. The first-order chi connectivity index (χ1) is 18.9. The molecule has 2 saturated heterocycles. The Balaban J connectivity index is 1.22. The highest BCUT2D eigenvalue weighted by Crippen LogP contribution is 2.68. The van der Waals surface area contributed by atoms with Crippen LogP contribution in [0.5, 0.6) is 0 Å². The fraction of sp³-hybridized carbons (Fsp3) is 0.882. The minimum absolute atomic E-state index is 0.0821. The molecule has 0 amide bonds. The van der Waals surface area contributed by atoms with Gasteiger partial charge in [-0.05, 0) is 98.2 Å². The summed E-state index contributed by atoms with van der Waals surface area (Å²) in [5.41, 5.74) is 1.64. The quantitative estimate of drug-likeness (QED) is 0.0913. The van der Waals surface area contributed by atoms with E-state index in [2.05, 4.69) is 54.4 Å². The number of fused-ring (bicyclic) bond motifs is 5. The van der Waals surface area contributed by atoms with Crippen LogP contribution in [-0.2, 0) is 18.9 Å². The molecule has 3 saturated carbocycles. The van der Waals surface area contributed by atoms with E-state index < -0.39 is 0 Å². The zero-order valence-corrected chi connectivity index (χ0v) is 26.7. The van der Waals surface area contributed by atoms with Gasteiger partial charge in [0.2, 0.25) is 0 Å². The van der Waals surface area contributed by atoms with Gasteiger partial charge in [-0.1, -0.05) is 66.8 Å². The SMILES string of the molecule is C[C@]12CCC3(CC1=CC[C@@H]1[C@@H]2CC[C@@]2(C)[C@H]1CC[C@]2(C#CCCCCCCI)OC1CCCCO1)OCCO3. The van der Waals surface area contributed by atoms with E-state index in [0.29, 0.717) is 5.92 Å². The van der Waals surface area contributed by atoms with Crippen LogP contribution >= 0.6 is 22.6 Å². The van der Waals surface area contributed by atoms with Crippen molar-refractivity contribution in [3.63, 3.8) is 0 Å². The highest BCUT2D eigenvalue weighted by molar-refractivity contribution is 14.1. The molecular formula is C34H51IO4. The average molecular weight is 651 g/mol. The number of hydrogen-bond acceptors (Lipinski definition) is 4. The summed E-state index contributed by atoms with van der Waals surface area (Å²) in [4.78, 5) is 0. The number of hydrogen-bond donors (Lipinski definition) is 0. The summed E-state index contributed by atoms with van der Waals surface area (Å²) in [5.74, 6) is 9.36. The van der Waals surface area contributed by atoms with Crippen molar-refractivity contribution in [3.8, 4) is 11.8 Å². The summed E-state index contributed by atoms with van der Waals surface area (Å²) in [7, 11) is 0. The molecule has 5 fully saturated rings. The van der Waals surface area contributed by atoms with Gasteiger partial charge in [-0.15, -0.1) is 5.92 Å². The smallest absolute Gasteiger partial charge is 0.172 e. The van der Waals surface area contributed by atoms with E-state index in [0.717, 1.165) is 70.2 Å². The van der Waals surface area contributed by atoms with Crippen molar-refractivity contribution in [2.75, 3.05) is 24.2 Å². The van der Waals surface area contributed by atoms with Gasteiger partial charge in [0.15, 0.2) is 12.1 Å². The predicted octanol–water partition coefficient (Wildman–Crippen LogP) is 8.36. The van der Waals surface area contributed by atoms with Crippen molar-refractivity contribution in [2.24, 2.45) is 28.6 Å². The summed E-state index contributed by atoms with van der Waals surface area (Å²) in [5, 5.41) is 0. The van der Waals surface area contributed by atoms with E-state index in [1.807, 2.05) is 0 Å². The van der Waals surface area contributed by atoms with Crippen molar-refractivity contribution >= 4 is 22.6 Å². The molecule has 1 spiro atoms. The van der Waals surface area contributed by atoms with Crippen LogP contribution in [0.25, 0.3) is 0 Å². The number of unbranched alkanes of at least 4 members (excludes halogenated alkanes) is 4. The second-order valence-electron chi connectivity index (χ2n) is 13.9. The van der Waals surface area contributed by atoms with E-state index in [1.165, 1.54) is 68.6 Å². The van der Waals surface area contributed by atoms with Crippen LogP contribution in [0.3, 0.4) is 0 Å². The Labute approximate surface area is 251 Å². The molecule has 218 valence electrons. The maximum atomic E-state index is 7.09. The highest BCUT2D eigenvalue weighted by Gasteiger charge is 2.65. The van der Waals surface area contributed by atoms with Gasteiger partial charge in [-0.3, -0.25) is 0 Å².